The second-order valence-corrected chi connectivity index (χ2v) is 9.29. The summed E-state index contributed by atoms with van der Waals surface area (Å²) < 4.78 is 25.0. The quantitative estimate of drug-likeness (QED) is 0.165. The van der Waals surface area contributed by atoms with E-state index in [-0.39, 0.29) is 23.4 Å². The number of nitrogens with zero attached hydrogens (tertiary/aromatic N) is 1. The van der Waals surface area contributed by atoms with Gasteiger partial charge in [0.25, 0.3) is 11.7 Å². The third-order valence-corrected chi connectivity index (χ3v) is 6.84. The molecule has 1 saturated heterocycles. The number of para-hydroxylation sites is 1. The highest BCUT2D eigenvalue weighted by atomic mass is 19.1. The minimum atomic E-state index is -0.896. The van der Waals surface area contributed by atoms with E-state index in [0.29, 0.717) is 35.8 Å². The van der Waals surface area contributed by atoms with E-state index in [0.717, 1.165) is 16.6 Å². The van der Waals surface area contributed by atoms with Crippen molar-refractivity contribution in [2.75, 3.05) is 13.2 Å². The van der Waals surface area contributed by atoms with Gasteiger partial charge in [-0.2, -0.15) is 0 Å². The van der Waals surface area contributed by atoms with Crippen molar-refractivity contribution < 1.29 is 28.6 Å². The first kappa shape index (κ1) is 26.0. The van der Waals surface area contributed by atoms with Crippen LogP contribution in [0, 0.1) is 12.7 Å². The minimum Gasteiger partial charge on any atom is -0.507 e. The molecule has 1 aliphatic rings. The largest absolute Gasteiger partial charge is 0.507 e. The molecule has 1 fully saturated rings. The van der Waals surface area contributed by atoms with Crippen molar-refractivity contribution in [2.45, 2.75) is 33.4 Å². The van der Waals surface area contributed by atoms with Crippen molar-refractivity contribution in [3.05, 3.63) is 101 Å². The van der Waals surface area contributed by atoms with Crippen LogP contribution in [0.4, 0.5) is 4.39 Å². The molecule has 1 aromatic heterocycles. The number of fused-ring (bicyclic) bond motifs is 1. The molecular weight excluding hydrogens is 499 g/mol. The summed E-state index contributed by atoms with van der Waals surface area (Å²) in [5.74, 6) is -1.40. The molecule has 1 aliphatic heterocycles. The Labute approximate surface area is 225 Å². The van der Waals surface area contributed by atoms with Crippen LogP contribution in [0.5, 0.6) is 11.5 Å². The maximum Gasteiger partial charge on any atom is 0.295 e. The molecule has 2 N–H and O–H groups in total. The predicted octanol–water partition coefficient (Wildman–Crippen LogP) is 6.03. The normalized spacial score (nSPS) is 16.7. The highest BCUT2D eigenvalue weighted by Gasteiger charge is 2.47. The second-order valence-electron chi connectivity index (χ2n) is 9.29. The van der Waals surface area contributed by atoms with Gasteiger partial charge in [0, 0.05) is 34.8 Å². The summed E-state index contributed by atoms with van der Waals surface area (Å²) in [6.07, 6.45) is 0. The summed E-state index contributed by atoms with van der Waals surface area (Å²) in [6.45, 7) is 6.36. The zero-order valence-corrected chi connectivity index (χ0v) is 22.0. The van der Waals surface area contributed by atoms with Gasteiger partial charge in [-0.3, -0.25) is 9.59 Å². The van der Waals surface area contributed by atoms with Crippen LogP contribution in [0.1, 0.15) is 42.3 Å². The fourth-order valence-electron chi connectivity index (χ4n) is 5.16. The highest BCUT2D eigenvalue weighted by Crippen LogP contribution is 2.45. The van der Waals surface area contributed by atoms with E-state index in [4.69, 9.17) is 9.47 Å². The molecule has 0 aliphatic carbocycles. The van der Waals surface area contributed by atoms with Crippen molar-refractivity contribution in [3.63, 3.8) is 0 Å². The third-order valence-electron chi connectivity index (χ3n) is 6.84. The Balaban J connectivity index is 1.73. The Kier molecular flexibility index (Phi) is 7.11. The van der Waals surface area contributed by atoms with E-state index in [1.165, 1.54) is 17.0 Å². The van der Waals surface area contributed by atoms with Gasteiger partial charge in [-0.15, -0.1) is 0 Å². The molecule has 0 radical (unpaired) electrons. The van der Waals surface area contributed by atoms with Gasteiger partial charge in [0.2, 0.25) is 0 Å². The van der Waals surface area contributed by atoms with Gasteiger partial charge in [0.05, 0.1) is 30.4 Å². The maximum absolute atomic E-state index is 13.6. The number of benzene rings is 3. The zero-order valence-electron chi connectivity index (χ0n) is 22.0. The number of carbonyl (C=O) groups excluding carboxylic acids is 2. The number of hydrogen-bond acceptors (Lipinski definition) is 5. The molecule has 4 aromatic rings. The molecule has 7 nitrogen and oxygen atoms in total. The number of halogens is 1. The summed E-state index contributed by atoms with van der Waals surface area (Å²) in [5, 5.41) is 12.5. The average molecular weight is 529 g/mol. The van der Waals surface area contributed by atoms with Crippen molar-refractivity contribution in [1.82, 2.24) is 9.88 Å². The van der Waals surface area contributed by atoms with Crippen LogP contribution in [-0.2, 0) is 16.1 Å². The third kappa shape index (κ3) is 4.74. The van der Waals surface area contributed by atoms with Crippen LogP contribution in [0.25, 0.3) is 16.7 Å². The molecule has 3 aromatic carbocycles. The fourth-order valence-corrected chi connectivity index (χ4v) is 5.16. The van der Waals surface area contributed by atoms with Gasteiger partial charge in [-0.25, -0.2) is 4.39 Å². The molecule has 5 rings (SSSR count). The van der Waals surface area contributed by atoms with Gasteiger partial charge in [-0.1, -0.05) is 30.3 Å². The fraction of sp³-hybridized carbons (Fsp3) is 0.226. The number of hydrogen-bond donors (Lipinski definition) is 2. The molecule has 200 valence electrons. The number of aliphatic hydroxyl groups is 1. The summed E-state index contributed by atoms with van der Waals surface area (Å²) in [7, 11) is 0. The number of nitrogens with one attached hydrogen (secondary N) is 1. The van der Waals surface area contributed by atoms with Crippen LogP contribution >= 0.6 is 0 Å². The second kappa shape index (κ2) is 10.6. The number of rotatable bonds is 8. The maximum atomic E-state index is 13.6. The van der Waals surface area contributed by atoms with E-state index in [2.05, 4.69) is 4.98 Å². The van der Waals surface area contributed by atoms with Gasteiger partial charge in [0.15, 0.2) is 0 Å². The molecule has 0 bridgehead atoms. The number of aromatic nitrogens is 1. The lowest BCUT2D eigenvalue weighted by Crippen LogP contribution is -2.29. The number of aliphatic hydroxyl groups excluding tert-OH is 1. The first-order valence-electron chi connectivity index (χ1n) is 12.8. The monoisotopic (exact) mass is 528 g/mol. The number of amides is 1. The number of aromatic amines is 1. The Morgan fingerprint density at radius 3 is 2.44 bits per heavy atom. The number of aryl methyl sites for hydroxylation is 1. The molecule has 0 saturated carbocycles. The van der Waals surface area contributed by atoms with E-state index < -0.39 is 23.5 Å². The molecular formula is C31H29FN2O5. The summed E-state index contributed by atoms with van der Waals surface area (Å²) >= 11 is 0. The van der Waals surface area contributed by atoms with Gasteiger partial charge in [0.1, 0.15) is 23.1 Å². The molecule has 0 spiro atoms. The smallest absolute Gasteiger partial charge is 0.295 e. The van der Waals surface area contributed by atoms with Crippen LogP contribution in [0.15, 0.2) is 72.3 Å². The van der Waals surface area contributed by atoms with E-state index >= 15 is 0 Å². The summed E-state index contributed by atoms with van der Waals surface area (Å²) in [6, 6.07) is 17.4. The van der Waals surface area contributed by atoms with Crippen molar-refractivity contribution in [1.29, 1.82) is 0 Å². The Hall–Kier alpha value is -4.59. The molecule has 1 amide bonds. The number of Topliss-reactive ketones (excluding diaryl/α,β-unsaturated/α-hetero) is 1. The van der Waals surface area contributed by atoms with Crippen molar-refractivity contribution in [3.8, 4) is 11.5 Å². The predicted molar refractivity (Wildman–Crippen MR) is 146 cm³/mol. The van der Waals surface area contributed by atoms with E-state index in [1.807, 2.05) is 45.0 Å². The Morgan fingerprint density at radius 1 is 1.00 bits per heavy atom. The Bertz CT molecular complexity index is 1590. The number of likely N-dealkylation sites (tertiary alicyclic amines) is 1. The van der Waals surface area contributed by atoms with E-state index in [1.54, 1.807) is 30.3 Å². The standard InChI is InChI=1S/C31H29FN2O5/c1-4-38-21-14-15-23(25(16-21)39-5-2)29(35)27-28(26-18(3)33-24-9-7-6-8-22(24)26)34(31(37)30(27)36)17-19-10-12-20(32)13-11-19/h6-16,28,33,35H,4-5,17H2,1-3H3/b29-27+. The zero-order chi connectivity index (χ0) is 27.7. The number of ketones is 1. The summed E-state index contributed by atoms with van der Waals surface area (Å²) in [5.41, 5.74) is 3.19. The van der Waals surface area contributed by atoms with Gasteiger partial charge in [-0.05, 0) is 56.7 Å². The Morgan fingerprint density at radius 2 is 1.72 bits per heavy atom. The molecule has 1 unspecified atom stereocenters. The topological polar surface area (TPSA) is 91.9 Å². The van der Waals surface area contributed by atoms with Gasteiger partial charge >= 0.3 is 0 Å². The lowest BCUT2D eigenvalue weighted by molar-refractivity contribution is -0.140. The van der Waals surface area contributed by atoms with Crippen LogP contribution in [0.2, 0.25) is 0 Å². The first-order chi connectivity index (χ1) is 18.8. The SMILES string of the molecule is CCOc1ccc(/C(O)=C2\C(=O)C(=O)N(Cc3ccc(F)cc3)C2c2c(C)[nH]c3ccccc23)c(OCC)c1. The average Bonchev–Trinajstić information content (AvgIpc) is 3.37. The molecule has 1 atom stereocenters. The lowest BCUT2D eigenvalue weighted by atomic mass is 9.93. The number of H-pyrrole nitrogens is 1. The molecule has 2 heterocycles. The lowest BCUT2D eigenvalue weighted by Gasteiger charge is -2.26. The molecule has 8 heteroatoms. The summed E-state index contributed by atoms with van der Waals surface area (Å²) in [4.78, 5) is 31.9. The number of ether oxygens (including phenoxy) is 2. The number of carbonyl (C=O) groups is 2. The van der Waals surface area contributed by atoms with Crippen molar-refractivity contribution in [2.24, 2.45) is 0 Å². The van der Waals surface area contributed by atoms with Crippen LogP contribution in [-0.4, -0.2) is 39.9 Å². The van der Waals surface area contributed by atoms with Crippen molar-refractivity contribution >= 4 is 28.4 Å². The van der Waals surface area contributed by atoms with Gasteiger partial charge < -0.3 is 24.5 Å². The highest BCUT2D eigenvalue weighted by molar-refractivity contribution is 6.46. The minimum absolute atomic E-state index is 0.0416. The first-order valence-corrected chi connectivity index (χ1v) is 12.8. The molecule has 39 heavy (non-hydrogen) atoms. The van der Waals surface area contributed by atoms with Crippen LogP contribution in [0.3, 0.4) is 0 Å². The van der Waals surface area contributed by atoms with Crippen LogP contribution < -0.4 is 9.47 Å². The van der Waals surface area contributed by atoms with E-state index in [9.17, 15) is 19.1 Å².